The Morgan fingerprint density at radius 3 is 2.62 bits per heavy atom. The van der Waals surface area contributed by atoms with Crippen molar-refractivity contribution in [2.24, 2.45) is 0 Å². The Kier molecular flexibility index (Phi) is 3.20. The minimum absolute atomic E-state index is 0.143. The van der Waals surface area contributed by atoms with Crippen molar-refractivity contribution in [2.75, 3.05) is 0 Å². The molecule has 1 aromatic rings. The molecule has 0 aromatic carbocycles. The fraction of sp³-hybridized carbons (Fsp3) is 0.625. The van der Waals surface area contributed by atoms with Gasteiger partial charge in [0.2, 0.25) is 0 Å². The first-order valence-corrected chi connectivity index (χ1v) is 7.95. The molecule has 2 saturated heterocycles. The van der Waals surface area contributed by atoms with Crippen LogP contribution in [0.3, 0.4) is 0 Å². The number of hydrogen-bond donors (Lipinski definition) is 1. The third-order valence-corrected chi connectivity index (χ3v) is 4.77. The van der Waals surface area contributed by atoms with E-state index in [2.05, 4.69) is 15.2 Å². The quantitative estimate of drug-likeness (QED) is 0.928. The Balaban J connectivity index is 1.39. The number of ether oxygens (including phenoxy) is 1. The SMILES string of the molecule is O=C(NC1CC1)N1[C@H]2CC[C@H]1CC(Oc1cccnc1)C2. The second-order valence-electron chi connectivity index (χ2n) is 6.42. The number of fused-ring (bicyclic) bond motifs is 2. The van der Waals surface area contributed by atoms with Crippen molar-refractivity contribution in [3.8, 4) is 5.75 Å². The lowest BCUT2D eigenvalue weighted by atomic mass is 10.00. The van der Waals surface area contributed by atoms with Gasteiger partial charge in [0.15, 0.2) is 0 Å². The molecule has 1 N–H and O–H groups in total. The average Bonchev–Trinajstić information content (AvgIpc) is 3.25. The number of piperidine rings is 1. The maximum absolute atomic E-state index is 12.3. The number of carbonyl (C=O) groups is 1. The highest BCUT2D eigenvalue weighted by atomic mass is 16.5. The summed E-state index contributed by atoms with van der Waals surface area (Å²) >= 11 is 0. The van der Waals surface area contributed by atoms with Gasteiger partial charge in [0.25, 0.3) is 0 Å². The third-order valence-electron chi connectivity index (χ3n) is 4.77. The normalized spacial score (nSPS) is 31.0. The second-order valence-corrected chi connectivity index (χ2v) is 6.42. The number of carbonyl (C=O) groups excluding carboxylic acids is 1. The molecule has 4 rings (SSSR count). The summed E-state index contributed by atoms with van der Waals surface area (Å²) in [6, 6.07) is 5.09. The van der Waals surface area contributed by atoms with Crippen LogP contribution in [0.1, 0.15) is 38.5 Å². The zero-order valence-corrected chi connectivity index (χ0v) is 12.1. The van der Waals surface area contributed by atoms with Crippen LogP contribution in [0.4, 0.5) is 4.79 Å². The van der Waals surface area contributed by atoms with Gasteiger partial charge in [-0.15, -0.1) is 0 Å². The number of nitrogens with zero attached hydrogens (tertiary/aromatic N) is 2. The van der Waals surface area contributed by atoms with Crippen molar-refractivity contribution >= 4 is 6.03 Å². The van der Waals surface area contributed by atoms with Crippen LogP contribution in [0.5, 0.6) is 5.75 Å². The van der Waals surface area contributed by atoms with Crippen molar-refractivity contribution < 1.29 is 9.53 Å². The predicted molar refractivity (Wildman–Crippen MR) is 78.1 cm³/mol. The van der Waals surface area contributed by atoms with E-state index >= 15 is 0 Å². The lowest BCUT2D eigenvalue weighted by Crippen LogP contribution is -2.53. The van der Waals surface area contributed by atoms with Crippen LogP contribution in [0, 0.1) is 0 Å². The third kappa shape index (κ3) is 2.69. The van der Waals surface area contributed by atoms with Crippen LogP contribution in [0.2, 0.25) is 0 Å². The van der Waals surface area contributed by atoms with Gasteiger partial charge in [-0.2, -0.15) is 0 Å². The summed E-state index contributed by atoms with van der Waals surface area (Å²) < 4.78 is 6.04. The molecular formula is C16H21N3O2. The first-order valence-electron chi connectivity index (χ1n) is 7.95. The Bertz CT molecular complexity index is 504. The molecule has 2 aliphatic heterocycles. The summed E-state index contributed by atoms with van der Waals surface area (Å²) in [5.74, 6) is 0.831. The molecule has 5 heteroatoms. The van der Waals surface area contributed by atoms with Crippen LogP contribution in [-0.4, -0.2) is 40.1 Å². The van der Waals surface area contributed by atoms with Gasteiger partial charge >= 0.3 is 6.03 Å². The molecule has 5 nitrogen and oxygen atoms in total. The number of hydrogen-bond acceptors (Lipinski definition) is 3. The molecular weight excluding hydrogens is 266 g/mol. The van der Waals surface area contributed by atoms with Crippen molar-refractivity contribution in [3.05, 3.63) is 24.5 Å². The number of nitrogens with one attached hydrogen (secondary N) is 1. The fourth-order valence-corrected chi connectivity index (χ4v) is 3.64. The van der Waals surface area contributed by atoms with Gasteiger partial charge in [-0.1, -0.05) is 0 Å². The fourth-order valence-electron chi connectivity index (χ4n) is 3.64. The Labute approximate surface area is 124 Å². The molecule has 3 fully saturated rings. The molecule has 1 aliphatic carbocycles. The first-order chi connectivity index (χ1) is 10.3. The molecule has 1 aromatic heterocycles. The minimum atomic E-state index is 0.143. The van der Waals surface area contributed by atoms with Crippen LogP contribution in [-0.2, 0) is 0 Å². The van der Waals surface area contributed by atoms with Crippen molar-refractivity contribution in [3.63, 3.8) is 0 Å². The zero-order chi connectivity index (χ0) is 14.2. The molecule has 3 aliphatic rings. The summed E-state index contributed by atoms with van der Waals surface area (Å²) in [4.78, 5) is 18.5. The number of aromatic nitrogens is 1. The van der Waals surface area contributed by atoms with Gasteiger partial charge < -0.3 is 15.0 Å². The van der Waals surface area contributed by atoms with Crippen molar-refractivity contribution in [1.29, 1.82) is 0 Å². The molecule has 112 valence electrons. The molecule has 0 unspecified atom stereocenters. The lowest BCUT2D eigenvalue weighted by molar-refractivity contribution is 0.0684. The van der Waals surface area contributed by atoms with E-state index < -0.39 is 0 Å². The van der Waals surface area contributed by atoms with E-state index in [-0.39, 0.29) is 12.1 Å². The Morgan fingerprint density at radius 2 is 2.00 bits per heavy atom. The van der Waals surface area contributed by atoms with E-state index in [9.17, 15) is 4.79 Å². The molecule has 21 heavy (non-hydrogen) atoms. The van der Waals surface area contributed by atoms with Gasteiger partial charge in [-0.05, 0) is 37.8 Å². The Morgan fingerprint density at radius 1 is 1.24 bits per heavy atom. The lowest BCUT2D eigenvalue weighted by Gasteiger charge is -2.38. The van der Waals surface area contributed by atoms with Gasteiger partial charge in [0.1, 0.15) is 11.9 Å². The summed E-state index contributed by atoms with van der Waals surface area (Å²) in [6.07, 6.45) is 10.1. The number of amides is 2. The van der Waals surface area contributed by atoms with Crippen LogP contribution < -0.4 is 10.1 Å². The zero-order valence-electron chi connectivity index (χ0n) is 12.1. The maximum Gasteiger partial charge on any atom is 0.318 e. The smallest absolute Gasteiger partial charge is 0.318 e. The summed E-state index contributed by atoms with van der Waals surface area (Å²) in [6.45, 7) is 0. The van der Waals surface area contributed by atoms with E-state index in [0.717, 1.165) is 44.3 Å². The highest BCUT2D eigenvalue weighted by molar-refractivity contribution is 5.76. The standard InChI is InChI=1S/C16H21N3O2/c20-16(18-11-3-4-11)19-12-5-6-13(19)9-15(8-12)21-14-2-1-7-17-10-14/h1-2,7,10-13,15H,3-6,8-9H2,(H,18,20)/t12-,13-/m0/s1. The van der Waals surface area contributed by atoms with Gasteiger partial charge in [-0.25, -0.2) is 4.79 Å². The average molecular weight is 287 g/mol. The summed E-state index contributed by atoms with van der Waals surface area (Å²) in [5, 5.41) is 3.13. The molecule has 2 amide bonds. The molecule has 1 saturated carbocycles. The van der Waals surface area contributed by atoms with Crippen LogP contribution in [0.15, 0.2) is 24.5 Å². The highest BCUT2D eigenvalue weighted by Gasteiger charge is 2.44. The first kappa shape index (κ1) is 12.9. The van der Waals surface area contributed by atoms with Gasteiger partial charge in [0, 0.05) is 37.2 Å². The van der Waals surface area contributed by atoms with E-state index in [4.69, 9.17) is 4.74 Å². The van der Waals surface area contributed by atoms with Crippen LogP contribution in [0.25, 0.3) is 0 Å². The van der Waals surface area contributed by atoms with E-state index in [1.807, 2.05) is 12.1 Å². The van der Waals surface area contributed by atoms with Gasteiger partial charge in [0.05, 0.1) is 6.20 Å². The summed E-state index contributed by atoms with van der Waals surface area (Å²) in [7, 11) is 0. The van der Waals surface area contributed by atoms with Gasteiger partial charge in [-0.3, -0.25) is 4.98 Å². The molecule has 2 atom stereocenters. The largest absolute Gasteiger partial charge is 0.489 e. The second kappa shape index (κ2) is 5.20. The van der Waals surface area contributed by atoms with Crippen LogP contribution >= 0.6 is 0 Å². The number of urea groups is 1. The van der Waals surface area contributed by atoms with Crippen molar-refractivity contribution in [1.82, 2.24) is 15.2 Å². The highest BCUT2D eigenvalue weighted by Crippen LogP contribution is 2.37. The van der Waals surface area contributed by atoms with E-state index in [0.29, 0.717) is 18.1 Å². The molecule has 0 radical (unpaired) electrons. The monoisotopic (exact) mass is 287 g/mol. The van der Waals surface area contributed by atoms with Crippen molar-refractivity contribution in [2.45, 2.75) is 62.8 Å². The van der Waals surface area contributed by atoms with E-state index in [1.54, 1.807) is 12.4 Å². The predicted octanol–water partition coefficient (Wildman–Crippen LogP) is 2.33. The van der Waals surface area contributed by atoms with E-state index in [1.165, 1.54) is 0 Å². The topological polar surface area (TPSA) is 54.5 Å². The molecule has 2 bridgehead atoms. The number of pyridine rings is 1. The molecule has 3 heterocycles. The minimum Gasteiger partial charge on any atom is -0.489 e. The Hall–Kier alpha value is -1.78. The maximum atomic E-state index is 12.3. The number of rotatable bonds is 3. The molecule has 0 spiro atoms. The summed E-state index contributed by atoms with van der Waals surface area (Å²) in [5.41, 5.74) is 0.